The van der Waals surface area contributed by atoms with E-state index in [2.05, 4.69) is 20.0 Å². The lowest BCUT2D eigenvalue weighted by atomic mass is 10.1. The van der Waals surface area contributed by atoms with Crippen molar-refractivity contribution in [2.75, 3.05) is 12.4 Å². The molecule has 0 saturated carbocycles. The van der Waals surface area contributed by atoms with Crippen LogP contribution in [0.1, 0.15) is 11.1 Å². The minimum absolute atomic E-state index is 0.0395. The molecule has 7 nitrogen and oxygen atoms in total. The largest absolute Gasteiger partial charge is 0.365 e. The third-order valence-corrected chi connectivity index (χ3v) is 6.01. The summed E-state index contributed by atoms with van der Waals surface area (Å²) in [4.78, 5) is 13.5. The van der Waals surface area contributed by atoms with Gasteiger partial charge in [-0.1, -0.05) is 36.4 Å². The van der Waals surface area contributed by atoms with Crippen LogP contribution >= 0.6 is 0 Å². The van der Waals surface area contributed by atoms with Gasteiger partial charge in [-0.15, -0.1) is 0 Å². The van der Waals surface area contributed by atoms with E-state index in [9.17, 15) is 8.42 Å². The van der Waals surface area contributed by atoms with Gasteiger partial charge < -0.3 is 5.32 Å². The van der Waals surface area contributed by atoms with E-state index < -0.39 is 10.0 Å². The van der Waals surface area contributed by atoms with Gasteiger partial charge in [0.2, 0.25) is 10.0 Å². The van der Waals surface area contributed by atoms with Gasteiger partial charge in [-0.3, -0.25) is 4.98 Å². The Kier molecular flexibility index (Phi) is 5.69. The molecule has 0 radical (unpaired) electrons. The van der Waals surface area contributed by atoms with Crippen LogP contribution in [0.2, 0.25) is 0 Å². The number of anilines is 1. The molecule has 4 aromatic rings. The maximum absolute atomic E-state index is 11.7. The second-order valence-corrected chi connectivity index (χ2v) is 8.71. The van der Waals surface area contributed by atoms with Crippen molar-refractivity contribution < 1.29 is 8.42 Å². The number of hydrogen-bond donors (Lipinski definition) is 2. The van der Waals surface area contributed by atoms with Crippen LogP contribution in [0, 0.1) is 0 Å². The van der Waals surface area contributed by atoms with Crippen molar-refractivity contribution in [3.05, 3.63) is 84.2 Å². The summed E-state index contributed by atoms with van der Waals surface area (Å²) in [5.41, 5.74) is 3.45. The van der Waals surface area contributed by atoms with Crippen LogP contribution in [-0.4, -0.2) is 30.4 Å². The lowest BCUT2D eigenvalue weighted by Gasteiger charge is -2.11. The van der Waals surface area contributed by atoms with Crippen molar-refractivity contribution in [2.45, 2.75) is 12.3 Å². The molecule has 0 aliphatic carbocycles. The molecule has 8 heteroatoms. The van der Waals surface area contributed by atoms with Gasteiger partial charge in [0.25, 0.3) is 0 Å². The molecule has 4 rings (SSSR count). The first-order valence-electron chi connectivity index (χ1n) is 9.44. The Labute approximate surface area is 175 Å². The fourth-order valence-electron chi connectivity index (χ4n) is 3.07. The molecule has 2 aromatic heterocycles. The summed E-state index contributed by atoms with van der Waals surface area (Å²) in [6.07, 6.45) is 3.46. The van der Waals surface area contributed by atoms with Gasteiger partial charge in [-0.2, -0.15) is 0 Å². The second-order valence-electron chi connectivity index (χ2n) is 6.79. The van der Waals surface area contributed by atoms with Crippen molar-refractivity contribution in [1.29, 1.82) is 0 Å². The summed E-state index contributed by atoms with van der Waals surface area (Å²) >= 11 is 0. The minimum Gasteiger partial charge on any atom is -0.365 e. The molecule has 152 valence electrons. The van der Waals surface area contributed by atoms with Crippen LogP contribution in [0.15, 0.2) is 73.1 Å². The van der Waals surface area contributed by atoms with Gasteiger partial charge in [-0.25, -0.2) is 23.1 Å². The number of pyridine rings is 1. The smallest absolute Gasteiger partial charge is 0.215 e. The van der Waals surface area contributed by atoms with Crippen molar-refractivity contribution in [3.63, 3.8) is 0 Å². The molecule has 0 spiro atoms. The van der Waals surface area contributed by atoms with E-state index in [-0.39, 0.29) is 5.75 Å². The topological polar surface area (TPSA) is 96.9 Å². The van der Waals surface area contributed by atoms with Crippen LogP contribution < -0.4 is 10.0 Å². The van der Waals surface area contributed by atoms with Gasteiger partial charge >= 0.3 is 0 Å². The zero-order chi connectivity index (χ0) is 21.0. The highest BCUT2D eigenvalue weighted by Gasteiger charge is 2.10. The molecule has 0 aliphatic heterocycles. The summed E-state index contributed by atoms with van der Waals surface area (Å²) in [6, 6.07) is 19.1. The summed E-state index contributed by atoms with van der Waals surface area (Å²) in [7, 11) is -1.87. The Morgan fingerprint density at radius 3 is 2.40 bits per heavy atom. The van der Waals surface area contributed by atoms with E-state index >= 15 is 0 Å². The number of benzene rings is 2. The normalized spacial score (nSPS) is 11.5. The van der Waals surface area contributed by atoms with Crippen LogP contribution in [0.25, 0.3) is 22.3 Å². The van der Waals surface area contributed by atoms with Crippen molar-refractivity contribution in [1.82, 2.24) is 19.7 Å². The number of nitrogens with zero attached hydrogens (tertiary/aromatic N) is 3. The van der Waals surface area contributed by atoms with E-state index in [4.69, 9.17) is 4.98 Å². The molecule has 0 unspecified atom stereocenters. The van der Waals surface area contributed by atoms with Crippen molar-refractivity contribution in [3.8, 4) is 11.4 Å². The third kappa shape index (κ3) is 4.61. The SMILES string of the molecule is CNS(=O)(=O)Cc1ccc(CNc2nc(-c3cccnc3)nc3ccccc23)cc1. The standard InChI is InChI=1S/C22H21N5O2S/c1-23-30(28,29)15-17-10-8-16(9-11-17)13-25-22-19-6-2-3-7-20(19)26-21(27-22)18-5-4-12-24-14-18/h2-12,14,23H,13,15H2,1H3,(H,25,26,27). The van der Waals surface area contributed by atoms with Crippen LogP contribution in [0.4, 0.5) is 5.82 Å². The fraction of sp³-hybridized carbons (Fsp3) is 0.136. The number of rotatable bonds is 7. The molecule has 0 fully saturated rings. The predicted molar refractivity (Wildman–Crippen MR) is 118 cm³/mol. The van der Waals surface area contributed by atoms with E-state index in [0.29, 0.717) is 12.4 Å². The van der Waals surface area contributed by atoms with E-state index in [0.717, 1.165) is 33.4 Å². The van der Waals surface area contributed by atoms with Crippen molar-refractivity contribution in [2.24, 2.45) is 0 Å². The highest BCUT2D eigenvalue weighted by molar-refractivity contribution is 7.88. The van der Waals surface area contributed by atoms with Crippen LogP contribution in [-0.2, 0) is 22.3 Å². The number of aromatic nitrogens is 3. The number of hydrogen-bond acceptors (Lipinski definition) is 6. The Morgan fingerprint density at radius 1 is 0.900 bits per heavy atom. The summed E-state index contributed by atoms with van der Waals surface area (Å²) < 4.78 is 25.7. The van der Waals surface area contributed by atoms with Gasteiger partial charge in [0.15, 0.2) is 5.82 Å². The molecule has 2 heterocycles. The van der Waals surface area contributed by atoms with Crippen molar-refractivity contribution >= 4 is 26.7 Å². The van der Waals surface area contributed by atoms with Gasteiger partial charge in [0, 0.05) is 29.9 Å². The molecular formula is C22H21N5O2S. The zero-order valence-corrected chi connectivity index (χ0v) is 17.2. The summed E-state index contributed by atoms with van der Waals surface area (Å²) in [5, 5.41) is 4.32. The zero-order valence-electron chi connectivity index (χ0n) is 16.4. The minimum atomic E-state index is -3.28. The molecule has 2 N–H and O–H groups in total. The Morgan fingerprint density at radius 2 is 1.67 bits per heavy atom. The summed E-state index contributed by atoms with van der Waals surface area (Å²) in [5.74, 6) is 1.31. The molecule has 0 saturated heterocycles. The molecule has 0 amide bonds. The molecular weight excluding hydrogens is 398 g/mol. The van der Waals surface area contributed by atoms with Crippen LogP contribution in [0.3, 0.4) is 0 Å². The van der Waals surface area contributed by atoms with E-state index in [1.165, 1.54) is 7.05 Å². The Hall–Kier alpha value is -3.36. The fourth-order valence-corrected chi connectivity index (χ4v) is 3.84. The summed E-state index contributed by atoms with van der Waals surface area (Å²) in [6.45, 7) is 0.548. The Balaban J connectivity index is 1.58. The Bertz CT molecular complexity index is 1260. The predicted octanol–water partition coefficient (Wildman–Crippen LogP) is 3.35. The maximum atomic E-state index is 11.7. The first-order chi connectivity index (χ1) is 14.5. The van der Waals surface area contributed by atoms with Crippen LogP contribution in [0.5, 0.6) is 0 Å². The van der Waals surface area contributed by atoms with Gasteiger partial charge in [-0.05, 0) is 42.4 Å². The molecule has 0 bridgehead atoms. The molecule has 0 atom stereocenters. The number of fused-ring (bicyclic) bond motifs is 1. The first-order valence-corrected chi connectivity index (χ1v) is 11.1. The molecule has 30 heavy (non-hydrogen) atoms. The molecule has 0 aliphatic rings. The number of sulfonamides is 1. The number of para-hydroxylation sites is 1. The molecule has 2 aromatic carbocycles. The van der Waals surface area contributed by atoms with E-state index in [1.807, 2.05) is 60.7 Å². The average molecular weight is 420 g/mol. The second kappa shape index (κ2) is 8.56. The highest BCUT2D eigenvalue weighted by Crippen LogP contribution is 2.25. The lowest BCUT2D eigenvalue weighted by molar-refractivity contribution is 0.587. The average Bonchev–Trinajstić information content (AvgIpc) is 2.78. The quantitative estimate of drug-likeness (QED) is 0.477. The lowest BCUT2D eigenvalue weighted by Crippen LogP contribution is -2.20. The maximum Gasteiger partial charge on any atom is 0.215 e. The number of nitrogens with one attached hydrogen (secondary N) is 2. The first kappa shape index (κ1) is 19.9. The monoisotopic (exact) mass is 419 g/mol. The highest BCUT2D eigenvalue weighted by atomic mass is 32.2. The van der Waals surface area contributed by atoms with Gasteiger partial charge in [0.1, 0.15) is 5.82 Å². The third-order valence-electron chi connectivity index (χ3n) is 4.67. The van der Waals surface area contributed by atoms with E-state index in [1.54, 1.807) is 12.4 Å². The van der Waals surface area contributed by atoms with Gasteiger partial charge in [0.05, 0.1) is 11.3 Å².